The Balaban J connectivity index is 2.26. The van der Waals surface area contributed by atoms with Gasteiger partial charge in [-0.2, -0.15) is 0 Å². The van der Waals surface area contributed by atoms with Crippen molar-refractivity contribution in [1.82, 2.24) is 9.78 Å². The highest BCUT2D eigenvalue weighted by Crippen LogP contribution is 2.21. The largest absolute Gasteiger partial charge is 0.465 e. The lowest BCUT2D eigenvalue weighted by molar-refractivity contribution is -0.144. The van der Waals surface area contributed by atoms with Crippen molar-refractivity contribution < 1.29 is 13.9 Å². The second kappa shape index (κ2) is 6.12. The summed E-state index contributed by atoms with van der Waals surface area (Å²) >= 11 is 8.39. The summed E-state index contributed by atoms with van der Waals surface area (Å²) in [5.74, 6) is -0.0247. The van der Waals surface area contributed by atoms with E-state index in [2.05, 4.69) is 21.0 Å². The Hall–Kier alpha value is -1.47. The first-order chi connectivity index (χ1) is 9.10. The van der Waals surface area contributed by atoms with Crippen molar-refractivity contribution in [2.24, 2.45) is 0 Å². The molecule has 100 valence electrons. The van der Waals surface area contributed by atoms with Crippen LogP contribution in [0, 0.1) is 4.84 Å². The molecule has 0 atom stereocenters. The molecule has 0 N–H and O–H groups in total. The molecule has 2 aromatic rings. The summed E-state index contributed by atoms with van der Waals surface area (Å²) in [5, 5.41) is 4.17. The van der Waals surface area contributed by atoms with Crippen LogP contribution in [0.2, 0.25) is 0 Å². The summed E-state index contributed by atoms with van der Waals surface area (Å²) in [4.78, 5) is 11.5. The van der Waals surface area contributed by atoms with Gasteiger partial charge in [-0.15, -0.1) is 5.10 Å². The van der Waals surface area contributed by atoms with Crippen LogP contribution in [0.15, 0.2) is 33.2 Å². The van der Waals surface area contributed by atoms with Gasteiger partial charge in [0.15, 0.2) is 0 Å². The highest BCUT2D eigenvalue weighted by Gasteiger charge is 2.11. The van der Waals surface area contributed by atoms with Crippen LogP contribution < -0.4 is 0 Å². The normalized spacial score (nSPS) is 10.4. The predicted molar refractivity (Wildman–Crippen MR) is 75.1 cm³/mol. The van der Waals surface area contributed by atoms with Gasteiger partial charge in [-0.1, -0.05) is 22.0 Å². The van der Waals surface area contributed by atoms with Gasteiger partial charge in [0.25, 0.3) is 4.84 Å². The first kappa shape index (κ1) is 14.0. The van der Waals surface area contributed by atoms with Crippen LogP contribution in [0.1, 0.15) is 6.92 Å². The van der Waals surface area contributed by atoms with Gasteiger partial charge >= 0.3 is 5.97 Å². The molecule has 0 spiro atoms. The smallest absolute Gasteiger partial charge is 0.327 e. The molecule has 5 nitrogen and oxygen atoms in total. The van der Waals surface area contributed by atoms with Crippen molar-refractivity contribution in [3.8, 4) is 11.5 Å². The minimum Gasteiger partial charge on any atom is -0.465 e. The Labute approximate surface area is 123 Å². The summed E-state index contributed by atoms with van der Waals surface area (Å²) in [6.07, 6.45) is 0. The van der Waals surface area contributed by atoms with E-state index in [-0.39, 0.29) is 11.4 Å². The molecule has 0 bridgehead atoms. The molecule has 0 radical (unpaired) electrons. The van der Waals surface area contributed by atoms with E-state index in [0.717, 1.165) is 10.0 Å². The molecule has 0 saturated heterocycles. The Morgan fingerprint density at radius 3 is 3.05 bits per heavy atom. The fraction of sp³-hybridized carbons (Fsp3) is 0.250. The van der Waals surface area contributed by atoms with Gasteiger partial charge in [-0.25, -0.2) is 4.68 Å². The van der Waals surface area contributed by atoms with E-state index in [9.17, 15) is 4.79 Å². The average molecular weight is 343 g/mol. The Kier molecular flexibility index (Phi) is 4.49. The van der Waals surface area contributed by atoms with Crippen molar-refractivity contribution >= 4 is 34.1 Å². The molecule has 1 heterocycles. The van der Waals surface area contributed by atoms with E-state index in [4.69, 9.17) is 21.4 Å². The topological polar surface area (TPSA) is 57.3 Å². The fourth-order valence-corrected chi connectivity index (χ4v) is 2.06. The lowest BCUT2D eigenvalue weighted by Gasteiger charge is -1.99. The number of carbonyl (C=O) groups excluding carboxylic acids is 1. The monoisotopic (exact) mass is 342 g/mol. The van der Waals surface area contributed by atoms with Crippen molar-refractivity contribution in [2.45, 2.75) is 13.5 Å². The van der Waals surface area contributed by atoms with Gasteiger partial charge in [-0.05, 0) is 37.3 Å². The molecule has 0 aliphatic carbocycles. The number of rotatable bonds is 4. The van der Waals surface area contributed by atoms with Crippen LogP contribution in [-0.4, -0.2) is 22.4 Å². The standard InChI is InChI=1S/C12H11BrN2O3S/c1-2-17-10(16)7-15-12(19)18-11(14-15)8-4-3-5-9(13)6-8/h3-6H,2,7H2,1H3. The summed E-state index contributed by atoms with van der Waals surface area (Å²) in [7, 11) is 0. The molecule has 0 unspecified atom stereocenters. The van der Waals surface area contributed by atoms with E-state index in [1.54, 1.807) is 6.92 Å². The number of carbonyl (C=O) groups is 1. The van der Waals surface area contributed by atoms with Gasteiger partial charge in [0.1, 0.15) is 6.54 Å². The van der Waals surface area contributed by atoms with Gasteiger partial charge in [0, 0.05) is 10.0 Å². The van der Waals surface area contributed by atoms with E-state index >= 15 is 0 Å². The van der Waals surface area contributed by atoms with Crippen LogP contribution in [0.3, 0.4) is 0 Å². The van der Waals surface area contributed by atoms with Gasteiger partial charge in [0.2, 0.25) is 5.89 Å². The van der Waals surface area contributed by atoms with Gasteiger partial charge in [-0.3, -0.25) is 4.79 Å². The second-order valence-electron chi connectivity index (χ2n) is 3.65. The molecule has 19 heavy (non-hydrogen) atoms. The number of halogens is 1. The van der Waals surface area contributed by atoms with Crippen molar-refractivity contribution in [2.75, 3.05) is 6.61 Å². The third-order valence-corrected chi connectivity index (χ3v) is 3.05. The maximum atomic E-state index is 11.4. The summed E-state index contributed by atoms with van der Waals surface area (Å²) in [6.45, 7) is 2.01. The fourth-order valence-electron chi connectivity index (χ4n) is 1.47. The zero-order chi connectivity index (χ0) is 13.8. The molecular weight excluding hydrogens is 332 g/mol. The number of ether oxygens (including phenoxy) is 1. The van der Waals surface area contributed by atoms with Crippen LogP contribution in [-0.2, 0) is 16.1 Å². The van der Waals surface area contributed by atoms with Crippen LogP contribution in [0.5, 0.6) is 0 Å². The third-order valence-electron chi connectivity index (χ3n) is 2.26. The van der Waals surface area contributed by atoms with Crippen LogP contribution in [0.4, 0.5) is 0 Å². The third kappa shape index (κ3) is 3.51. The highest BCUT2D eigenvalue weighted by molar-refractivity contribution is 9.10. The number of hydrogen-bond donors (Lipinski definition) is 0. The van der Waals surface area contributed by atoms with E-state index in [0.29, 0.717) is 12.5 Å². The Morgan fingerprint density at radius 1 is 1.58 bits per heavy atom. The van der Waals surface area contributed by atoms with Crippen molar-refractivity contribution in [1.29, 1.82) is 0 Å². The van der Waals surface area contributed by atoms with E-state index in [1.807, 2.05) is 24.3 Å². The van der Waals surface area contributed by atoms with E-state index < -0.39 is 5.97 Å². The molecule has 7 heteroatoms. The molecule has 0 aliphatic heterocycles. The molecule has 2 rings (SSSR count). The van der Waals surface area contributed by atoms with Gasteiger partial charge < -0.3 is 9.15 Å². The molecule has 0 aliphatic rings. The van der Waals surface area contributed by atoms with Crippen molar-refractivity contribution in [3.05, 3.63) is 33.6 Å². The zero-order valence-corrected chi connectivity index (χ0v) is 12.5. The SMILES string of the molecule is CCOC(=O)Cn1nc(-c2cccc(Br)c2)oc1=S. The first-order valence-electron chi connectivity index (χ1n) is 5.59. The van der Waals surface area contributed by atoms with Gasteiger partial charge in [0.05, 0.1) is 6.61 Å². The minimum absolute atomic E-state index is 0.0514. The van der Waals surface area contributed by atoms with Crippen molar-refractivity contribution in [3.63, 3.8) is 0 Å². The zero-order valence-electron chi connectivity index (χ0n) is 10.1. The first-order valence-corrected chi connectivity index (χ1v) is 6.79. The lowest BCUT2D eigenvalue weighted by Crippen LogP contribution is -2.14. The Bertz CT molecular complexity index is 650. The molecule has 0 amide bonds. The number of aromatic nitrogens is 2. The second-order valence-corrected chi connectivity index (χ2v) is 4.91. The number of hydrogen-bond acceptors (Lipinski definition) is 5. The summed E-state index contributed by atoms with van der Waals surface area (Å²) in [6, 6.07) is 7.46. The molecular formula is C12H11BrN2O3S. The summed E-state index contributed by atoms with van der Waals surface area (Å²) < 4.78 is 12.4. The minimum atomic E-state index is -0.396. The average Bonchev–Trinajstić information content (AvgIpc) is 2.71. The quantitative estimate of drug-likeness (QED) is 0.630. The van der Waals surface area contributed by atoms with E-state index in [1.165, 1.54) is 4.68 Å². The lowest BCUT2D eigenvalue weighted by atomic mass is 10.2. The highest BCUT2D eigenvalue weighted by atomic mass is 79.9. The molecule has 0 saturated carbocycles. The number of nitrogens with zero attached hydrogens (tertiary/aromatic N) is 2. The summed E-state index contributed by atoms with van der Waals surface area (Å²) in [5.41, 5.74) is 0.781. The maximum Gasteiger partial charge on any atom is 0.327 e. The molecule has 1 aromatic carbocycles. The maximum absolute atomic E-state index is 11.4. The van der Waals surface area contributed by atoms with Crippen LogP contribution >= 0.6 is 28.1 Å². The Morgan fingerprint density at radius 2 is 2.37 bits per heavy atom. The predicted octanol–water partition coefficient (Wildman–Crippen LogP) is 3.20. The number of benzene rings is 1. The van der Waals surface area contributed by atoms with Crippen LogP contribution in [0.25, 0.3) is 11.5 Å². The number of esters is 1. The molecule has 1 aromatic heterocycles. The molecule has 0 fully saturated rings.